The Balaban J connectivity index is 2.39. The van der Waals surface area contributed by atoms with Crippen LogP contribution in [0.4, 0.5) is 0 Å². The highest BCUT2D eigenvalue weighted by atomic mass is 16.5. The molecule has 2 aromatic rings. The Kier molecular flexibility index (Phi) is 2.51. The summed E-state index contributed by atoms with van der Waals surface area (Å²) in [6, 6.07) is 6.69. The van der Waals surface area contributed by atoms with Crippen LogP contribution in [0.2, 0.25) is 0 Å². The van der Waals surface area contributed by atoms with Gasteiger partial charge in [-0.1, -0.05) is 12.1 Å². The van der Waals surface area contributed by atoms with Crippen LogP contribution in [-0.2, 0) is 6.42 Å². The van der Waals surface area contributed by atoms with Crippen molar-refractivity contribution in [1.82, 2.24) is 9.63 Å². The summed E-state index contributed by atoms with van der Waals surface area (Å²) in [5.74, 6) is -0.327. The van der Waals surface area contributed by atoms with E-state index in [4.69, 9.17) is 0 Å². The van der Waals surface area contributed by atoms with Crippen LogP contribution in [0.5, 0.6) is 0 Å². The third-order valence-corrected chi connectivity index (χ3v) is 3.55. The summed E-state index contributed by atoms with van der Waals surface area (Å²) in [5, 5.41) is 10.2. The zero-order valence-corrected chi connectivity index (χ0v) is 10.5. The first-order valence-electron chi connectivity index (χ1n) is 6.23. The third kappa shape index (κ3) is 1.53. The molecule has 0 saturated heterocycles. The van der Waals surface area contributed by atoms with Crippen molar-refractivity contribution in [3.05, 3.63) is 40.6 Å². The smallest absolute Gasteiger partial charge is 0.350 e. The predicted molar refractivity (Wildman–Crippen MR) is 67.8 cm³/mol. The number of para-hydroxylation sites is 2. The topological polar surface area (TPSA) is 68.4 Å². The lowest BCUT2D eigenvalue weighted by atomic mass is 10.1. The molecule has 1 aliphatic rings. The molecule has 1 aromatic heterocycles. The van der Waals surface area contributed by atoms with Crippen molar-refractivity contribution in [3.63, 3.8) is 0 Å². The zero-order valence-electron chi connectivity index (χ0n) is 10.5. The Labute approximate surface area is 109 Å². The van der Waals surface area contributed by atoms with Gasteiger partial charge in [-0.15, -0.1) is 0 Å². The minimum Gasteiger partial charge on any atom is -0.428 e. The molecule has 19 heavy (non-hydrogen) atoms. The molecule has 6 heteroatoms. The number of carbonyl (C=O) groups is 1. The van der Waals surface area contributed by atoms with E-state index in [2.05, 4.69) is 0 Å². The van der Waals surface area contributed by atoms with E-state index in [1.165, 1.54) is 0 Å². The number of carbonyl (C=O) groups excluding carboxylic acids is 1. The standard InChI is InChI=1S/C13H14N3O3/c1-2-14-8-7-11-12(13(14)17)16(19)10-6-4-3-5-9(10)15(11)18/h3-6,18H,2,7-8H2,1H3/q+1. The summed E-state index contributed by atoms with van der Waals surface area (Å²) >= 11 is 0. The Morgan fingerprint density at radius 2 is 2.11 bits per heavy atom. The molecule has 1 amide bonds. The second-order valence-electron chi connectivity index (χ2n) is 4.53. The number of nitrogens with zero attached hydrogens (tertiary/aromatic N) is 3. The van der Waals surface area contributed by atoms with E-state index in [1.54, 1.807) is 29.2 Å². The summed E-state index contributed by atoms with van der Waals surface area (Å²) in [4.78, 5) is 26.2. The first-order valence-corrected chi connectivity index (χ1v) is 6.23. The van der Waals surface area contributed by atoms with E-state index in [0.29, 0.717) is 35.1 Å². The summed E-state index contributed by atoms with van der Waals surface area (Å²) in [6.45, 7) is 2.93. The van der Waals surface area contributed by atoms with Gasteiger partial charge in [-0.05, 0) is 13.0 Å². The first-order chi connectivity index (χ1) is 9.15. The van der Waals surface area contributed by atoms with Gasteiger partial charge in [0.15, 0.2) is 5.52 Å². The Morgan fingerprint density at radius 1 is 1.37 bits per heavy atom. The Morgan fingerprint density at radius 3 is 2.84 bits per heavy atom. The van der Waals surface area contributed by atoms with E-state index in [0.717, 1.165) is 4.73 Å². The highest BCUT2D eigenvalue weighted by Crippen LogP contribution is 2.19. The molecule has 0 aliphatic carbocycles. The van der Waals surface area contributed by atoms with Crippen molar-refractivity contribution in [3.8, 4) is 0 Å². The van der Waals surface area contributed by atoms with Crippen LogP contribution in [0.1, 0.15) is 23.1 Å². The SMILES string of the molecule is CCN1CCc2c([n+](=O)c3ccccc3n2O)C1=O. The van der Waals surface area contributed by atoms with Gasteiger partial charge in [0.05, 0.1) is 4.43 Å². The van der Waals surface area contributed by atoms with Crippen LogP contribution >= 0.6 is 0 Å². The molecule has 0 fully saturated rings. The molecular weight excluding hydrogens is 246 g/mol. The minimum atomic E-state index is -0.327. The molecule has 1 aliphatic heterocycles. The van der Waals surface area contributed by atoms with E-state index in [1.807, 2.05) is 6.92 Å². The average Bonchev–Trinajstić information content (AvgIpc) is 2.44. The molecular formula is C13H14N3O3+. The fraction of sp³-hybridized carbons (Fsp3) is 0.308. The van der Waals surface area contributed by atoms with Crippen molar-refractivity contribution in [1.29, 1.82) is 0 Å². The van der Waals surface area contributed by atoms with E-state index < -0.39 is 0 Å². The number of hydrogen-bond acceptors (Lipinski definition) is 3. The third-order valence-electron chi connectivity index (χ3n) is 3.55. The van der Waals surface area contributed by atoms with Crippen LogP contribution in [0, 0.1) is 4.91 Å². The van der Waals surface area contributed by atoms with Gasteiger partial charge < -0.3 is 10.1 Å². The summed E-state index contributed by atoms with van der Waals surface area (Å²) < 4.78 is 1.59. The number of benzene rings is 1. The number of fused-ring (bicyclic) bond motifs is 2. The summed E-state index contributed by atoms with van der Waals surface area (Å²) in [7, 11) is 0. The summed E-state index contributed by atoms with van der Waals surface area (Å²) in [6.07, 6.45) is 0.471. The molecule has 0 saturated carbocycles. The van der Waals surface area contributed by atoms with Crippen LogP contribution in [0.3, 0.4) is 0 Å². The molecule has 0 unspecified atom stereocenters. The highest BCUT2D eigenvalue weighted by Gasteiger charge is 2.37. The van der Waals surface area contributed by atoms with Gasteiger partial charge in [0.25, 0.3) is 5.52 Å². The lowest BCUT2D eigenvalue weighted by molar-refractivity contribution is -0.470. The van der Waals surface area contributed by atoms with Crippen LogP contribution in [-0.4, -0.2) is 33.8 Å². The minimum absolute atomic E-state index is 0.0225. The molecule has 1 aromatic carbocycles. The quantitative estimate of drug-likeness (QED) is 0.609. The second-order valence-corrected chi connectivity index (χ2v) is 4.53. The van der Waals surface area contributed by atoms with Crippen LogP contribution in [0.15, 0.2) is 24.3 Å². The molecule has 0 radical (unpaired) electrons. The molecule has 0 spiro atoms. The van der Waals surface area contributed by atoms with Crippen molar-refractivity contribution >= 4 is 16.9 Å². The maximum absolute atomic E-state index is 12.3. The summed E-state index contributed by atoms with van der Waals surface area (Å²) in [5.41, 5.74) is 1.10. The lowest BCUT2D eigenvalue weighted by Gasteiger charge is -2.24. The monoisotopic (exact) mass is 260 g/mol. The van der Waals surface area contributed by atoms with Crippen molar-refractivity contribution in [2.24, 2.45) is 0 Å². The van der Waals surface area contributed by atoms with Gasteiger partial charge in [-0.2, -0.15) is 4.73 Å². The maximum Gasteiger partial charge on any atom is 0.350 e. The van der Waals surface area contributed by atoms with E-state index >= 15 is 0 Å². The second kappa shape index (κ2) is 4.08. The first kappa shape index (κ1) is 11.7. The van der Waals surface area contributed by atoms with Crippen LogP contribution < -0.4 is 4.43 Å². The zero-order chi connectivity index (χ0) is 13.6. The van der Waals surface area contributed by atoms with E-state index in [9.17, 15) is 14.9 Å². The van der Waals surface area contributed by atoms with Gasteiger partial charge in [-0.3, -0.25) is 4.79 Å². The molecule has 3 rings (SSSR count). The molecule has 2 heterocycles. The van der Waals surface area contributed by atoms with Crippen molar-refractivity contribution < 1.29 is 14.4 Å². The van der Waals surface area contributed by atoms with Crippen molar-refractivity contribution in [2.75, 3.05) is 13.1 Å². The number of aromatic nitrogens is 2. The highest BCUT2D eigenvalue weighted by molar-refractivity contribution is 5.94. The number of rotatable bonds is 1. The van der Waals surface area contributed by atoms with Gasteiger partial charge in [-0.25, -0.2) is 0 Å². The molecule has 0 atom stereocenters. The lowest BCUT2D eigenvalue weighted by Crippen LogP contribution is -2.45. The normalized spacial score (nSPS) is 14.8. The molecule has 98 valence electrons. The van der Waals surface area contributed by atoms with Crippen LogP contribution in [0.25, 0.3) is 11.0 Å². The number of likely N-dealkylation sites (N-methyl/N-ethyl adjacent to an activating group) is 1. The average molecular weight is 260 g/mol. The largest absolute Gasteiger partial charge is 0.428 e. The predicted octanol–water partition coefficient (Wildman–Crippen LogP) is 0.811. The Hall–Kier alpha value is -2.37. The van der Waals surface area contributed by atoms with E-state index in [-0.39, 0.29) is 17.1 Å². The molecule has 6 nitrogen and oxygen atoms in total. The molecule has 1 N–H and O–H groups in total. The van der Waals surface area contributed by atoms with Gasteiger partial charge in [0.2, 0.25) is 0 Å². The van der Waals surface area contributed by atoms with Gasteiger partial charge >= 0.3 is 11.6 Å². The van der Waals surface area contributed by atoms with Crippen molar-refractivity contribution in [2.45, 2.75) is 13.3 Å². The Bertz CT molecular complexity index is 736. The van der Waals surface area contributed by atoms with Gasteiger partial charge in [0, 0.05) is 30.5 Å². The molecule has 0 bridgehead atoms. The maximum atomic E-state index is 12.3. The fourth-order valence-electron chi connectivity index (χ4n) is 2.53. The number of amides is 1. The fourth-order valence-corrected chi connectivity index (χ4v) is 2.53. The number of hydrogen-bond donors (Lipinski definition) is 1. The van der Waals surface area contributed by atoms with Gasteiger partial charge in [0.1, 0.15) is 5.69 Å².